The van der Waals surface area contributed by atoms with Gasteiger partial charge >= 0.3 is 0 Å². The summed E-state index contributed by atoms with van der Waals surface area (Å²) in [7, 11) is 0. The molecule has 0 saturated carbocycles. The van der Waals surface area contributed by atoms with Gasteiger partial charge in [-0.25, -0.2) is 0 Å². The minimum atomic E-state index is -0.241. The Morgan fingerprint density at radius 1 is 0.452 bits per heavy atom. The second kappa shape index (κ2) is 48.1. The molecule has 0 bridgehead atoms. The summed E-state index contributed by atoms with van der Waals surface area (Å²) >= 11 is 0. The highest BCUT2D eigenvalue weighted by Gasteiger charge is 2.03. The van der Waals surface area contributed by atoms with Crippen LogP contribution in [0.15, 0.2) is 170 Å². The molecule has 3 amide bonds. The standard InChI is InChI=1S/C33H47N3O2.C22H33NO/c1-2-3-4-5-6-7-8-9-10-11-12-13-14-15-16-17-18-19-21-24-32(37)35-28-23-20-22-25-33(38)36-31-26-29-34-30-27-31;1-2-3-4-5-6-7-8-9-10-11-12-13-14-15-16-17-18-19-20-21-22(23)24/h3-4,6-7,9-10,12-13,15-16,18-19,26-27,29-30H,2,5,8,11,14,17,20-25,28H2,1H3,(H,35,37)(H,34,36,38);3-4,6-7,9-10,12-13,15-16,18-19H,2,5,8,11,14,17,20-21H2,1H3,(H2,23,24)/b2*4-3-,7-6-,10-9-,13-12-,16-15-,19-18-. The molecule has 0 aromatic carbocycles. The maximum Gasteiger partial charge on any atom is 0.224 e. The molecule has 1 rings (SSSR count). The highest BCUT2D eigenvalue weighted by atomic mass is 16.2. The Morgan fingerprint density at radius 2 is 0.806 bits per heavy atom. The molecule has 0 atom stereocenters. The van der Waals surface area contributed by atoms with Gasteiger partial charge in [0.05, 0.1) is 0 Å². The number of hydrogen-bond acceptors (Lipinski definition) is 4. The predicted molar refractivity (Wildman–Crippen MR) is 268 cm³/mol. The minimum absolute atomic E-state index is 0.0107. The highest BCUT2D eigenvalue weighted by Crippen LogP contribution is 2.07. The topological polar surface area (TPSA) is 114 Å². The van der Waals surface area contributed by atoms with Crippen LogP contribution in [0.4, 0.5) is 5.69 Å². The molecule has 0 aliphatic heterocycles. The minimum Gasteiger partial charge on any atom is -0.370 e. The first-order valence-corrected chi connectivity index (χ1v) is 23.0. The molecule has 1 heterocycles. The van der Waals surface area contributed by atoms with E-state index in [1.165, 1.54) is 0 Å². The molecular formula is C55H80N4O3. The quantitative estimate of drug-likeness (QED) is 0.0466. The molecular weight excluding hydrogens is 765 g/mol. The van der Waals surface area contributed by atoms with Gasteiger partial charge < -0.3 is 16.4 Å². The van der Waals surface area contributed by atoms with Gasteiger partial charge in [-0.1, -0.05) is 166 Å². The second-order valence-corrected chi connectivity index (χ2v) is 14.3. The first kappa shape index (κ1) is 56.4. The summed E-state index contributed by atoms with van der Waals surface area (Å²) in [6.07, 6.45) is 72.9. The lowest BCUT2D eigenvalue weighted by Gasteiger charge is -2.06. The van der Waals surface area contributed by atoms with Gasteiger partial charge in [-0.15, -0.1) is 0 Å². The van der Waals surface area contributed by atoms with Crippen LogP contribution in [0.1, 0.15) is 142 Å². The van der Waals surface area contributed by atoms with E-state index in [1.807, 2.05) is 6.08 Å². The van der Waals surface area contributed by atoms with Crippen molar-refractivity contribution in [3.63, 3.8) is 0 Å². The summed E-state index contributed by atoms with van der Waals surface area (Å²) in [5.41, 5.74) is 5.83. The van der Waals surface area contributed by atoms with Crippen molar-refractivity contribution in [2.75, 3.05) is 11.9 Å². The summed E-state index contributed by atoms with van der Waals surface area (Å²) in [6.45, 7) is 4.96. The molecule has 0 aliphatic carbocycles. The summed E-state index contributed by atoms with van der Waals surface area (Å²) in [6, 6.07) is 3.54. The number of carbonyl (C=O) groups is 3. The fourth-order valence-corrected chi connectivity index (χ4v) is 5.28. The Hall–Kier alpha value is -5.56. The van der Waals surface area contributed by atoms with Gasteiger partial charge in [-0.3, -0.25) is 19.4 Å². The lowest BCUT2D eigenvalue weighted by Crippen LogP contribution is -2.23. The maximum atomic E-state index is 11.9. The number of aromatic nitrogens is 1. The number of nitrogens with zero attached hydrogens (tertiary/aromatic N) is 1. The number of nitrogens with two attached hydrogens (primary N) is 1. The van der Waals surface area contributed by atoms with Crippen LogP contribution in [0.3, 0.4) is 0 Å². The van der Waals surface area contributed by atoms with Crippen LogP contribution < -0.4 is 16.4 Å². The highest BCUT2D eigenvalue weighted by molar-refractivity contribution is 5.90. The second-order valence-electron chi connectivity index (χ2n) is 14.3. The smallest absolute Gasteiger partial charge is 0.224 e. The third kappa shape index (κ3) is 47.1. The molecule has 0 fully saturated rings. The Kier molecular flexibility index (Phi) is 43.8. The molecule has 62 heavy (non-hydrogen) atoms. The molecule has 4 N–H and O–H groups in total. The Morgan fingerprint density at radius 3 is 1.18 bits per heavy atom. The molecule has 7 heteroatoms. The van der Waals surface area contributed by atoms with E-state index in [0.29, 0.717) is 25.8 Å². The summed E-state index contributed by atoms with van der Waals surface area (Å²) < 4.78 is 0. The van der Waals surface area contributed by atoms with E-state index in [2.05, 4.69) is 169 Å². The summed E-state index contributed by atoms with van der Waals surface area (Å²) in [5, 5.41) is 5.81. The zero-order valence-corrected chi connectivity index (χ0v) is 38.3. The number of anilines is 1. The first-order valence-electron chi connectivity index (χ1n) is 23.0. The van der Waals surface area contributed by atoms with Crippen LogP contribution in [0.25, 0.3) is 0 Å². The third-order valence-electron chi connectivity index (χ3n) is 8.66. The van der Waals surface area contributed by atoms with Crippen LogP contribution >= 0.6 is 0 Å². The van der Waals surface area contributed by atoms with Crippen molar-refractivity contribution in [2.24, 2.45) is 5.73 Å². The molecule has 0 radical (unpaired) electrons. The van der Waals surface area contributed by atoms with Gasteiger partial charge in [0.2, 0.25) is 17.7 Å². The Labute approximate surface area is 377 Å². The number of amides is 3. The normalized spacial score (nSPS) is 12.5. The van der Waals surface area contributed by atoms with Gasteiger partial charge in [-0.05, 0) is 115 Å². The number of allylic oxidation sites excluding steroid dienone is 24. The summed E-state index contributed by atoms with van der Waals surface area (Å²) in [4.78, 5) is 38.3. The third-order valence-corrected chi connectivity index (χ3v) is 8.66. The van der Waals surface area contributed by atoms with E-state index in [9.17, 15) is 14.4 Å². The fraction of sp³-hybridized carbons (Fsp3) is 0.418. The lowest BCUT2D eigenvalue weighted by atomic mass is 10.2. The van der Waals surface area contributed by atoms with E-state index in [4.69, 9.17) is 5.73 Å². The first-order chi connectivity index (χ1) is 30.5. The van der Waals surface area contributed by atoms with Gasteiger partial charge in [0.15, 0.2) is 0 Å². The van der Waals surface area contributed by atoms with Crippen LogP contribution in [0.5, 0.6) is 0 Å². The van der Waals surface area contributed by atoms with Crippen molar-refractivity contribution in [1.29, 1.82) is 0 Å². The Balaban J connectivity index is 0.00000134. The van der Waals surface area contributed by atoms with Crippen LogP contribution in [0.2, 0.25) is 0 Å². The van der Waals surface area contributed by atoms with E-state index < -0.39 is 0 Å². The zero-order chi connectivity index (χ0) is 45.1. The molecule has 1 aromatic rings. The fourth-order valence-electron chi connectivity index (χ4n) is 5.28. The lowest BCUT2D eigenvalue weighted by molar-refractivity contribution is -0.121. The number of primary amides is 1. The molecule has 0 spiro atoms. The van der Waals surface area contributed by atoms with Crippen molar-refractivity contribution in [2.45, 2.75) is 142 Å². The summed E-state index contributed by atoms with van der Waals surface area (Å²) in [5.74, 6) is -0.147. The number of unbranched alkanes of at least 4 members (excludes halogenated alkanes) is 2. The monoisotopic (exact) mass is 845 g/mol. The van der Waals surface area contributed by atoms with Crippen molar-refractivity contribution in [3.8, 4) is 0 Å². The number of rotatable bonds is 35. The average Bonchev–Trinajstić information content (AvgIpc) is 3.27. The molecule has 1 aromatic heterocycles. The molecule has 0 saturated heterocycles. The maximum absolute atomic E-state index is 11.9. The van der Waals surface area contributed by atoms with Crippen LogP contribution in [-0.2, 0) is 14.4 Å². The number of carbonyl (C=O) groups excluding carboxylic acids is 3. The van der Waals surface area contributed by atoms with Crippen molar-refractivity contribution in [3.05, 3.63) is 170 Å². The van der Waals surface area contributed by atoms with E-state index in [1.54, 1.807) is 24.5 Å². The van der Waals surface area contributed by atoms with Crippen molar-refractivity contribution in [1.82, 2.24) is 10.3 Å². The van der Waals surface area contributed by atoms with E-state index in [0.717, 1.165) is 115 Å². The SMILES string of the molecule is CC/C=C\C/C=C\C/C=C\C/C=C\C/C=C\C/C=C\CCC(=O)NCCCCCC(=O)Nc1ccncc1.CC/C=C\C/C=C\C/C=C\C/C=C\C/C=C\C/C=C\CCC(N)=O. The molecule has 338 valence electrons. The zero-order valence-electron chi connectivity index (χ0n) is 38.3. The largest absolute Gasteiger partial charge is 0.370 e. The molecule has 7 nitrogen and oxygen atoms in total. The number of pyridine rings is 1. The van der Waals surface area contributed by atoms with Crippen LogP contribution in [0, 0.1) is 0 Å². The van der Waals surface area contributed by atoms with Gasteiger partial charge in [-0.2, -0.15) is 0 Å². The number of nitrogens with one attached hydrogen (secondary N) is 2. The van der Waals surface area contributed by atoms with Crippen LogP contribution in [-0.4, -0.2) is 29.3 Å². The van der Waals surface area contributed by atoms with Crippen molar-refractivity contribution >= 4 is 23.4 Å². The number of hydrogen-bond donors (Lipinski definition) is 3. The van der Waals surface area contributed by atoms with Gasteiger partial charge in [0, 0.05) is 43.9 Å². The molecule has 0 aliphatic rings. The Bertz CT molecular complexity index is 1600. The van der Waals surface area contributed by atoms with Crippen molar-refractivity contribution < 1.29 is 14.4 Å². The van der Waals surface area contributed by atoms with E-state index >= 15 is 0 Å². The van der Waals surface area contributed by atoms with Gasteiger partial charge in [0.1, 0.15) is 0 Å². The molecule has 0 unspecified atom stereocenters. The van der Waals surface area contributed by atoms with Gasteiger partial charge in [0.25, 0.3) is 0 Å². The average molecular weight is 845 g/mol. The predicted octanol–water partition coefficient (Wildman–Crippen LogP) is 14.1. The van der Waals surface area contributed by atoms with E-state index in [-0.39, 0.29) is 17.7 Å².